The van der Waals surface area contributed by atoms with Gasteiger partial charge in [0, 0.05) is 5.02 Å². The first-order chi connectivity index (χ1) is 7.45. The monoisotopic (exact) mass is 237 g/mol. The third-order valence-electron chi connectivity index (χ3n) is 3.36. The number of carbonyl (C=O) groups excluding carboxylic acids is 1. The summed E-state index contributed by atoms with van der Waals surface area (Å²) in [6.07, 6.45) is 1.69. The van der Waals surface area contributed by atoms with Gasteiger partial charge in [-0.1, -0.05) is 31.5 Å². The van der Waals surface area contributed by atoms with Crippen LogP contribution in [-0.4, -0.2) is 5.91 Å². The van der Waals surface area contributed by atoms with E-state index in [0.717, 1.165) is 24.0 Å². The normalized spacial score (nSPS) is 17.5. The van der Waals surface area contributed by atoms with E-state index >= 15 is 0 Å². The van der Waals surface area contributed by atoms with Crippen LogP contribution < -0.4 is 5.73 Å². The Kier molecular flexibility index (Phi) is 2.70. The van der Waals surface area contributed by atoms with Crippen molar-refractivity contribution in [1.82, 2.24) is 0 Å². The third-order valence-corrected chi connectivity index (χ3v) is 3.58. The van der Waals surface area contributed by atoms with Gasteiger partial charge in [-0.05, 0) is 42.0 Å². The second-order valence-electron chi connectivity index (χ2n) is 4.87. The Morgan fingerprint density at radius 3 is 2.44 bits per heavy atom. The summed E-state index contributed by atoms with van der Waals surface area (Å²) in [5, 5.41) is 0.689. The predicted octanol–water partition coefficient (Wildman–Crippen LogP) is 2.98. The van der Waals surface area contributed by atoms with Gasteiger partial charge in [0.25, 0.3) is 0 Å². The van der Waals surface area contributed by atoms with Gasteiger partial charge < -0.3 is 5.73 Å². The Balaban J connectivity index is 2.46. The highest BCUT2D eigenvalue weighted by Crippen LogP contribution is 2.48. The van der Waals surface area contributed by atoms with E-state index in [2.05, 4.69) is 19.9 Å². The summed E-state index contributed by atoms with van der Waals surface area (Å²) in [7, 11) is 0. The molecule has 0 radical (unpaired) electrons. The summed E-state index contributed by atoms with van der Waals surface area (Å²) in [6.45, 7) is 4.22. The topological polar surface area (TPSA) is 43.1 Å². The molecule has 0 unspecified atom stereocenters. The number of rotatable bonds is 3. The first kappa shape index (κ1) is 11.5. The minimum atomic E-state index is -0.436. The summed E-state index contributed by atoms with van der Waals surface area (Å²) >= 11 is 6.08. The SMILES string of the molecule is CC(C)c1cc(Cl)cc(C2(C(N)=O)CC2)c1. The molecule has 1 saturated carbocycles. The lowest BCUT2D eigenvalue weighted by molar-refractivity contribution is -0.120. The molecule has 86 valence electrons. The van der Waals surface area contributed by atoms with Crippen molar-refractivity contribution >= 4 is 17.5 Å². The highest BCUT2D eigenvalue weighted by molar-refractivity contribution is 6.30. The van der Waals surface area contributed by atoms with Crippen LogP contribution in [-0.2, 0) is 10.2 Å². The molecular formula is C13H16ClNO. The van der Waals surface area contributed by atoms with E-state index in [4.69, 9.17) is 17.3 Å². The van der Waals surface area contributed by atoms with Gasteiger partial charge in [-0.15, -0.1) is 0 Å². The van der Waals surface area contributed by atoms with Gasteiger partial charge in [0.1, 0.15) is 0 Å². The van der Waals surface area contributed by atoms with Crippen molar-refractivity contribution in [3.05, 3.63) is 34.3 Å². The number of benzene rings is 1. The summed E-state index contributed by atoms with van der Waals surface area (Å²) in [6, 6.07) is 5.88. The fourth-order valence-electron chi connectivity index (χ4n) is 2.02. The first-order valence-corrected chi connectivity index (χ1v) is 5.94. The molecule has 0 aromatic heterocycles. The van der Waals surface area contributed by atoms with Gasteiger partial charge in [-0.25, -0.2) is 0 Å². The average molecular weight is 238 g/mol. The number of hydrogen-bond acceptors (Lipinski definition) is 1. The fraction of sp³-hybridized carbons (Fsp3) is 0.462. The number of carbonyl (C=O) groups is 1. The highest BCUT2D eigenvalue weighted by Gasteiger charge is 2.50. The van der Waals surface area contributed by atoms with E-state index in [-0.39, 0.29) is 5.91 Å². The first-order valence-electron chi connectivity index (χ1n) is 5.56. The van der Waals surface area contributed by atoms with Crippen LogP contribution in [0.25, 0.3) is 0 Å². The van der Waals surface area contributed by atoms with Crippen molar-refractivity contribution in [3.8, 4) is 0 Å². The number of amides is 1. The van der Waals surface area contributed by atoms with Crippen molar-refractivity contribution in [3.63, 3.8) is 0 Å². The van der Waals surface area contributed by atoms with Crippen LogP contribution in [0.1, 0.15) is 43.7 Å². The van der Waals surface area contributed by atoms with Crippen molar-refractivity contribution in [2.75, 3.05) is 0 Å². The van der Waals surface area contributed by atoms with E-state index in [0.29, 0.717) is 10.9 Å². The zero-order valence-electron chi connectivity index (χ0n) is 9.59. The Morgan fingerprint density at radius 1 is 1.38 bits per heavy atom. The van der Waals surface area contributed by atoms with Gasteiger partial charge >= 0.3 is 0 Å². The minimum Gasteiger partial charge on any atom is -0.369 e. The molecule has 2 N–H and O–H groups in total. The molecule has 1 fully saturated rings. The molecule has 16 heavy (non-hydrogen) atoms. The molecule has 0 saturated heterocycles. The molecule has 1 amide bonds. The lowest BCUT2D eigenvalue weighted by Crippen LogP contribution is -2.28. The van der Waals surface area contributed by atoms with Crippen molar-refractivity contribution in [1.29, 1.82) is 0 Å². The lowest BCUT2D eigenvalue weighted by Gasteiger charge is -2.15. The van der Waals surface area contributed by atoms with E-state index in [1.54, 1.807) is 0 Å². The standard InChI is InChI=1S/C13H16ClNO/c1-8(2)9-5-10(7-11(14)6-9)13(3-4-13)12(15)16/h5-8H,3-4H2,1-2H3,(H2,15,16). The lowest BCUT2D eigenvalue weighted by atomic mass is 9.91. The summed E-state index contributed by atoms with van der Waals surface area (Å²) in [4.78, 5) is 11.5. The quantitative estimate of drug-likeness (QED) is 0.863. The summed E-state index contributed by atoms with van der Waals surface area (Å²) in [5.74, 6) is 0.172. The van der Waals surface area contributed by atoms with E-state index < -0.39 is 5.41 Å². The molecule has 3 heteroatoms. The second-order valence-corrected chi connectivity index (χ2v) is 5.31. The fourth-order valence-corrected chi connectivity index (χ4v) is 2.27. The summed E-state index contributed by atoms with van der Waals surface area (Å²) in [5.41, 5.74) is 7.17. The van der Waals surface area contributed by atoms with Crippen molar-refractivity contribution in [2.24, 2.45) is 5.73 Å². The van der Waals surface area contributed by atoms with Crippen LogP contribution >= 0.6 is 11.6 Å². The smallest absolute Gasteiger partial charge is 0.228 e. The van der Waals surface area contributed by atoms with Gasteiger partial charge in [0.05, 0.1) is 5.41 Å². The molecule has 1 aliphatic carbocycles. The molecule has 0 aliphatic heterocycles. The van der Waals surface area contributed by atoms with Crippen LogP contribution in [0.2, 0.25) is 5.02 Å². The maximum absolute atomic E-state index is 11.5. The predicted molar refractivity (Wildman–Crippen MR) is 65.6 cm³/mol. The molecule has 0 spiro atoms. The maximum atomic E-state index is 11.5. The Hall–Kier alpha value is -1.02. The number of hydrogen-bond donors (Lipinski definition) is 1. The van der Waals surface area contributed by atoms with Crippen LogP contribution in [0, 0.1) is 0 Å². The second kappa shape index (κ2) is 3.77. The van der Waals surface area contributed by atoms with Gasteiger partial charge in [0.15, 0.2) is 0 Å². The molecule has 1 aromatic rings. The third kappa shape index (κ3) is 1.82. The minimum absolute atomic E-state index is 0.232. The highest BCUT2D eigenvalue weighted by atomic mass is 35.5. The number of primary amides is 1. The van der Waals surface area contributed by atoms with Crippen LogP contribution in [0.3, 0.4) is 0 Å². The average Bonchev–Trinajstić information content (AvgIpc) is 2.97. The molecule has 2 rings (SSSR count). The van der Waals surface area contributed by atoms with Crippen LogP contribution in [0.15, 0.2) is 18.2 Å². The van der Waals surface area contributed by atoms with Crippen molar-refractivity contribution < 1.29 is 4.79 Å². The molecule has 2 nitrogen and oxygen atoms in total. The number of halogens is 1. The zero-order valence-corrected chi connectivity index (χ0v) is 10.3. The van der Waals surface area contributed by atoms with Gasteiger partial charge in [0.2, 0.25) is 5.91 Å². The molecule has 1 aliphatic rings. The number of nitrogens with two attached hydrogens (primary N) is 1. The Bertz CT molecular complexity index is 436. The molecular weight excluding hydrogens is 222 g/mol. The van der Waals surface area contributed by atoms with Gasteiger partial charge in [-0.2, -0.15) is 0 Å². The molecule has 0 atom stereocenters. The largest absolute Gasteiger partial charge is 0.369 e. The van der Waals surface area contributed by atoms with E-state index in [1.807, 2.05) is 12.1 Å². The molecule has 0 bridgehead atoms. The molecule has 1 aromatic carbocycles. The zero-order chi connectivity index (χ0) is 11.9. The maximum Gasteiger partial charge on any atom is 0.228 e. The Labute approximate surface area is 101 Å². The van der Waals surface area contributed by atoms with Crippen LogP contribution in [0.5, 0.6) is 0 Å². The van der Waals surface area contributed by atoms with E-state index in [9.17, 15) is 4.79 Å². The van der Waals surface area contributed by atoms with Gasteiger partial charge in [-0.3, -0.25) is 4.79 Å². The van der Waals surface area contributed by atoms with Crippen molar-refractivity contribution in [2.45, 2.75) is 38.0 Å². The van der Waals surface area contributed by atoms with E-state index in [1.165, 1.54) is 0 Å². The molecule has 0 heterocycles. The van der Waals surface area contributed by atoms with Crippen LogP contribution in [0.4, 0.5) is 0 Å². The Morgan fingerprint density at radius 2 is 2.00 bits per heavy atom. The summed E-state index contributed by atoms with van der Waals surface area (Å²) < 4.78 is 0.